The van der Waals surface area contributed by atoms with Crippen LogP contribution in [0.5, 0.6) is 0 Å². The van der Waals surface area contributed by atoms with Gasteiger partial charge in [-0.2, -0.15) is 0 Å². The van der Waals surface area contributed by atoms with E-state index in [2.05, 4.69) is 26.2 Å². The van der Waals surface area contributed by atoms with Gasteiger partial charge in [0.1, 0.15) is 6.26 Å². The average Bonchev–Trinajstić information content (AvgIpc) is 3.20. The summed E-state index contributed by atoms with van der Waals surface area (Å²) in [5, 5.41) is 11.8. The standard InChI is InChI=1S/C18H19BrN2O6/c1-18(2)26-8-11(27-18)4-6-15-20-14(9-25-15)16(22)21-13-5-3-10(19)7-12(13)17(23)24/h3,5,7,9,11H,4,6,8H2,1-2H3,(H,21,22)(H,23,24). The van der Waals surface area contributed by atoms with Crippen LogP contribution < -0.4 is 5.32 Å². The number of benzene rings is 1. The number of aromatic nitrogens is 1. The number of hydrogen-bond acceptors (Lipinski definition) is 6. The van der Waals surface area contributed by atoms with Crippen molar-refractivity contribution in [3.63, 3.8) is 0 Å². The van der Waals surface area contributed by atoms with Crippen molar-refractivity contribution < 1.29 is 28.6 Å². The summed E-state index contributed by atoms with van der Waals surface area (Å²) in [7, 11) is 0. The van der Waals surface area contributed by atoms with Gasteiger partial charge >= 0.3 is 5.97 Å². The van der Waals surface area contributed by atoms with Gasteiger partial charge in [-0.05, 0) is 38.5 Å². The minimum absolute atomic E-state index is 0.0255. The highest BCUT2D eigenvalue weighted by Crippen LogP contribution is 2.25. The molecule has 0 radical (unpaired) electrons. The quantitative estimate of drug-likeness (QED) is 0.709. The topological polar surface area (TPSA) is 111 Å². The molecular weight excluding hydrogens is 420 g/mol. The number of carbonyl (C=O) groups is 2. The Labute approximate surface area is 164 Å². The number of halogens is 1. The molecule has 2 heterocycles. The fourth-order valence-electron chi connectivity index (χ4n) is 2.71. The second-order valence-electron chi connectivity index (χ2n) is 6.57. The minimum Gasteiger partial charge on any atom is -0.478 e. The maximum absolute atomic E-state index is 12.3. The highest BCUT2D eigenvalue weighted by Gasteiger charge is 2.32. The molecule has 1 aromatic carbocycles. The van der Waals surface area contributed by atoms with Crippen molar-refractivity contribution in [2.45, 2.75) is 38.6 Å². The largest absolute Gasteiger partial charge is 0.478 e. The Morgan fingerprint density at radius 1 is 1.41 bits per heavy atom. The number of nitrogens with zero attached hydrogens (tertiary/aromatic N) is 1. The molecule has 27 heavy (non-hydrogen) atoms. The highest BCUT2D eigenvalue weighted by atomic mass is 79.9. The van der Waals surface area contributed by atoms with E-state index in [0.29, 0.717) is 29.8 Å². The third-order valence-electron chi connectivity index (χ3n) is 3.99. The van der Waals surface area contributed by atoms with Gasteiger partial charge in [-0.25, -0.2) is 9.78 Å². The fraction of sp³-hybridized carbons (Fsp3) is 0.389. The summed E-state index contributed by atoms with van der Waals surface area (Å²) in [5.41, 5.74) is 0.231. The summed E-state index contributed by atoms with van der Waals surface area (Å²) >= 11 is 3.21. The van der Waals surface area contributed by atoms with E-state index in [9.17, 15) is 14.7 Å². The molecular formula is C18H19BrN2O6. The number of aryl methyl sites for hydroxylation is 1. The third kappa shape index (κ3) is 4.94. The summed E-state index contributed by atoms with van der Waals surface area (Å²) in [6.45, 7) is 4.21. The van der Waals surface area contributed by atoms with E-state index in [4.69, 9.17) is 13.9 Å². The van der Waals surface area contributed by atoms with Gasteiger partial charge in [0, 0.05) is 10.9 Å². The maximum Gasteiger partial charge on any atom is 0.337 e. The number of rotatable bonds is 6. The first-order valence-electron chi connectivity index (χ1n) is 8.34. The second kappa shape index (κ2) is 7.79. The van der Waals surface area contributed by atoms with Crippen LogP contribution in [-0.2, 0) is 15.9 Å². The molecule has 144 valence electrons. The lowest BCUT2D eigenvalue weighted by Crippen LogP contribution is -2.21. The van der Waals surface area contributed by atoms with Crippen molar-refractivity contribution in [1.82, 2.24) is 4.98 Å². The van der Waals surface area contributed by atoms with Gasteiger partial charge in [0.15, 0.2) is 17.4 Å². The molecule has 1 aromatic heterocycles. The molecule has 1 fully saturated rings. The molecule has 1 saturated heterocycles. The predicted molar refractivity (Wildman–Crippen MR) is 98.8 cm³/mol. The molecule has 1 aliphatic rings. The van der Waals surface area contributed by atoms with Crippen LogP contribution in [0.4, 0.5) is 5.69 Å². The van der Waals surface area contributed by atoms with E-state index in [0.717, 1.165) is 0 Å². The van der Waals surface area contributed by atoms with E-state index in [1.807, 2.05) is 13.8 Å². The van der Waals surface area contributed by atoms with Gasteiger partial charge in [-0.1, -0.05) is 15.9 Å². The van der Waals surface area contributed by atoms with Crippen LogP contribution in [0.15, 0.2) is 33.4 Å². The lowest BCUT2D eigenvalue weighted by atomic mass is 10.2. The van der Waals surface area contributed by atoms with Gasteiger partial charge < -0.3 is 24.3 Å². The minimum atomic E-state index is -1.14. The van der Waals surface area contributed by atoms with Crippen molar-refractivity contribution in [3.05, 3.63) is 46.1 Å². The fourth-order valence-corrected chi connectivity index (χ4v) is 3.07. The lowest BCUT2D eigenvalue weighted by Gasteiger charge is -2.16. The predicted octanol–water partition coefficient (Wildman–Crippen LogP) is 3.47. The van der Waals surface area contributed by atoms with Gasteiger partial charge in [0.05, 0.1) is 24.0 Å². The molecule has 9 heteroatoms. The molecule has 1 aliphatic heterocycles. The van der Waals surface area contributed by atoms with Gasteiger partial charge in [0.25, 0.3) is 5.91 Å². The normalized spacial score (nSPS) is 18.4. The molecule has 1 unspecified atom stereocenters. The van der Waals surface area contributed by atoms with Crippen molar-refractivity contribution in [1.29, 1.82) is 0 Å². The molecule has 1 atom stereocenters. The number of carbonyl (C=O) groups excluding carboxylic acids is 1. The Morgan fingerprint density at radius 3 is 2.85 bits per heavy atom. The number of oxazole rings is 1. The molecule has 0 saturated carbocycles. The smallest absolute Gasteiger partial charge is 0.337 e. The Balaban J connectivity index is 1.61. The molecule has 0 bridgehead atoms. The first-order valence-corrected chi connectivity index (χ1v) is 9.13. The summed E-state index contributed by atoms with van der Waals surface area (Å²) < 4.78 is 17.2. The first kappa shape index (κ1) is 19.5. The third-order valence-corrected chi connectivity index (χ3v) is 4.49. The molecule has 0 spiro atoms. The van der Waals surface area contributed by atoms with Crippen LogP contribution in [0.2, 0.25) is 0 Å². The molecule has 3 rings (SSSR count). The zero-order valence-corrected chi connectivity index (χ0v) is 16.4. The molecule has 8 nitrogen and oxygen atoms in total. The number of hydrogen-bond donors (Lipinski definition) is 2. The van der Waals surface area contributed by atoms with E-state index in [1.54, 1.807) is 6.07 Å². The Bertz CT molecular complexity index is 863. The van der Waals surface area contributed by atoms with Crippen LogP contribution in [-0.4, -0.2) is 40.5 Å². The monoisotopic (exact) mass is 438 g/mol. The summed E-state index contributed by atoms with van der Waals surface area (Å²) in [6.07, 6.45) is 2.35. The summed E-state index contributed by atoms with van der Waals surface area (Å²) in [6, 6.07) is 4.56. The maximum atomic E-state index is 12.3. The molecule has 2 N–H and O–H groups in total. The van der Waals surface area contributed by atoms with E-state index < -0.39 is 17.7 Å². The van der Waals surface area contributed by atoms with Crippen LogP contribution in [0, 0.1) is 0 Å². The van der Waals surface area contributed by atoms with Crippen LogP contribution in [0.25, 0.3) is 0 Å². The van der Waals surface area contributed by atoms with Gasteiger partial charge in [-0.3, -0.25) is 4.79 Å². The zero-order valence-electron chi connectivity index (χ0n) is 14.8. The van der Waals surface area contributed by atoms with Gasteiger partial charge in [-0.15, -0.1) is 0 Å². The molecule has 1 amide bonds. The van der Waals surface area contributed by atoms with E-state index in [1.165, 1.54) is 18.4 Å². The van der Waals surface area contributed by atoms with Crippen molar-refractivity contribution >= 4 is 33.5 Å². The Kier molecular flexibility index (Phi) is 5.64. The number of anilines is 1. The molecule has 2 aromatic rings. The zero-order chi connectivity index (χ0) is 19.6. The SMILES string of the molecule is CC1(C)OCC(CCc2nc(C(=O)Nc3ccc(Br)cc3C(=O)O)co2)O1. The summed E-state index contributed by atoms with van der Waals surface area (Å²) in [5.74, 6) is -1.87. The summed E-state index contributed by atoms with van der Waals surface area (Å²) in [4.78, 5) is 27.8. The van der Waals surface area contributed by atoms with Crippen molar-refractivity contribution in [2.24, 2.45) is 0 Å². The van der Waals surface area contributed by atoms with E-state index >= 15 is 0 Å². The van der Waals surface area contributed by atoms with E-state index in [-0.39, 0.29) is 23.0 Å². The Hall–Kier alpha value is -2.23. The van der Waals surface area contributed by atoms with Crippen LogP contribution in [0.1, 0.15) is 47.0 Å². The number of ether oxygens (including phenoxy) is 2. The number of nitrogens with one attached hydrogen (secondary N) is 1. The first-order chi connectivity index (χ1) is 12.7. The number of aromatic carboxylic acids is 1. The number of amides is 1. The number of carboxylic acids is 1. The average molecular weight is 439 g/mol. The van der Waals surface area contributed by atoms with Crippen molar-refractivity contribution in [3.8, 4) is 0 Å². The molecule has 0 aliphatic carbocycles. The lowest BCUT2D eigenvalue weighted by molar-refractivity contribution is -0.138. The van der Waals surface area contributed by atoms with Crippen LogP contribution >= 0.6 is 15.9 Å². The number of carboxylic acid groups (broad SMARTS) is 1. The van der Waals surface area contributed by atoms with Crippen molar-refractivity contribution in [2.75, 3.05) is 11.9 Å². The van der Waals surface area contributed by atoms with Crippen LogP contribution in [0.3, 0.4) is 0 Å². The highest BCUT2D eigenvalue weighted by molar-refractivity contribution is 9.10. The Morgan fingerprint density at radius 2 is 2.19 bits per heavy atom. The van der Waals surface area contributed by atoms with Gasteiger partial charge in [0.2, 0.25) is 0 Å². The second-order valence-corrected chi connectivity index (χ2v) is 7.48.